The van der Waals surface area contributed by atoms with E-state index < -0.39 is 10.7 Å². The molecule has 0 bridgehead atoms. The van der Waals surface area contributed by atoms with E-state index in [1.54, 1.807) is 0 Å². The van der Waals surface area contributed by atoms with Gasteiger partial charge in [0.25, 0.3) is 5.69 Å². The fraction of sp³-hybridized carbons (Fsp3) is 0.600. The maximum atomic E-state index is 13.0. The summed E-state index contributed by atoms with van der Waals surface area (Å²) in [5.74, 6) is -0.589. The molecule has 0 amide bonds. The lowest BCUT2D eigenvalue weighted by Gasteiger charge is -2.33. The maximum Gasteiger partial charge on any atom is 0.295 e. The summed E-state index contributed by atoms with van der Waals surface area (Å²) in [5, 5.41) is 13.9. The van der Waals surface area contributed by atoms with Crippen molar-refractivity contribution in [3.05, 3.63) is 34.1 Å². The largest absolute Gasteiger partial charge is 0.379 e. The zero-order valence-electron chi connectivity index (χ0n) is 12.3. The Morgan fingerprint density at radius 3 is 3.00 bits per heavy atom. The lowest BCUT2D eigenvalue weighted by molar-refractivity contribution is -0.384. The zero-order chi connectivity index (χ0) is 15.2. The lowest BCUT2D eigenvalue weighted by atomic mass is 10.0. The van der Waals surface area contributed by atoms with Crippen LogP contribution in [0.4, 0.5) is 15.8 Å². The highest BCUT2D eigenvalue weighted by atomic mass is 19.1. The number of hydrogen-bond donors (Lipinski definition) is 1. The number of rotatable bonds is 6. The molecule has 0 radical (unpaired) electrons. The van der Waals surface area contributed by atoms with Crippen molar-refractivity contribution in [2.75, 3.05) is 25.0 Å². The van der Waals surface area contributed by atoms with E-state index in [-0.39, 0.29) is 5.69 Å². The summed E-state index contributed by atoms with van der Waals surface area (Å²) in [6, 6.07) is 4.24. The van der Waals surface area contributed by atoms with Crippen molar-refractivity contribution < 1.29 is 9.31 Å². The van der Waals surface area contributed by atoms with Gasteiger partial charge < -0.3 is 10.2 Å². The molecular formula is C15H22FN3O2. The van der Waals surface area contributed by atoms with Crippen molar-refractivity contribution in [2.24, 2.45) is 0 Å². The van der Waals surface area contributed by atoms with Crippen molar-refractivity contribution >= 4 is 11.4 Å². The van der Waals surface area contributed by atoms with Crippen LogP contribution in [0.5, 0.6) is 0 Å². The monoisotopic (exact) mass is 295 g/mol. The summed E-state index contributed by atoms with van der Waals surface area (Å²) < 4.78 is 13.0. The predicted molar refractivity (Wildman–Crippen MR) is 81.0 cm³/mol. The second-order valence-corrected chi connectivity index (χ2v) is 5.58. The third-order valence-corrected chi connectivity index (χ3v) is 4.03. The number of anilines is 1. The van der Waals surface area contributed by atoms with Crippen LogP contribution in [0.15, 0.2) is 18.2 Å². The number of hydrogen-bond acceptors (Lipinski definition) is 4. The van der Waals surface area contributed by atoms with Crippen molar-refractivity contribution in [1.82, 2.24) is 4.90 Å². The summed E-state index contributed by atoms with van der Waals surface area (Å²) in [6.07, 6.45) is 4.72. The topological polar surface area (TPSA) is 58.4 Å². The highest BCUT2D eigenvalue weighted by molar-refractivity contribution is 5.61. The minimum Gasteiger partial charge on any atom is -0.379 e. The van der Waals surface area contributed by atoms with Crippen molar-refractivity contribution in [3.63, 3.8) is 0 Å². The Labute approximate surface area is 124 Å². The van der Waals surface area contributed by atoms with E-state index in [1.165, 1.54) is 31.4 Å². The first-order chi connectivity index (χ1) is 10.1. The Kier molecular flexibility index (Phi) is 5.50. The fourth-order valence-electron chi connectivity index (χ4n) is 2.80. The first-order valence-electron chi connectivity index (χ1n) is 7.50. The van der Waals surface area contributed by atoms with Gasteiger partial charge in [0.1, 0.15) is 11.5 Å². The van der Waals surface area contributed by atoms with Crippen LogP contribution in [0.3, 0.4) is 0 Å². The molecule has 1 aliphatic rings. The van der Waals surface area contributed by atoms with Gasteiger partial charge in [-0.15, -0.1) is 0 Å². The molecule has 0 saturated carbocycles. The van der Waals surface area contributed by atoms with Crippen molar-refractivity contribution in [2.45, 2.75) is 38.6 Å². The SMILES string of the molecule is CC1CCCCN1CCCNc1ccc(F)cc1[N+](=O)[O-]. The average molecular weight is 295 g/mol. The standard InChI is InChI=1S/C15H22FN3O2/c1-12-5-2-3-9-18(12)10-4-8-17-14-7-6-13(16)11-15(14)19(20)21/h6-7,11-12,17H,2-5,8-10H2,1H3. The second-order valence-electron chi connectivity index (χ2n) is 5.58. The van der Waals surface area contributed by atoms with Gasteiger partial charge >= 0.3 is 0 Å². The molecular weight excluding hydrogens is 273 g/mol. The molecule has 2 rings (SSSR count). The predicted octanol–water partition coefficient (Wildman–Crippen LogP) is 3.41. The highest BCUT2D eigenvalue weighted by Gasteiger charge is 2.18. The minimum atomic E-state index is -0.589. The number of nitrogens with one attached hydrogen (secondary N) is 1. The van der Waals surface area contributed by atoms with E-state index in [1.807, 2.05) is 0 Å². The number of piperidine rings is 1. The third kappa shape index (κ3) is 4.39. The number of benzene rings is 1. The number of nitro groups is 1. The molecule has 0 spiro atoms. The summed E-state index contributed by atoms with van der Waals surface area (Å²) >= 11 is 0. The normalized spacial score (nSPS) is 19.4. The quantitative estimate of drug-likeness (QED) is 0.496. The highest BCUT2D eigenvalue weighted by Crippen LogP contribution is 2.25. The number of halogens is 1. The molecule has 1 aliphatic heterocycles. The van der Waals surface area contributed by atoms with Gasteiger partial charge in [0, 0.05) is 19.1 Å². The van der Waals surface area contributed by atoms with Gasteiger partial charge in [0.05, 0.1) is 11.0 Å². The van der Waals surface area contributed by atoms with Gasteiger partial charge in [0.15, 0.2) is 0 Å². The number of nitrogens with zero attached hydrogens (tertiary/aromatic N) is 2. The molecule has 1 atom stereocenters. The van der Waals surface area contributed by atoms with E-state index in [9.17, 15) is 14.5 Å². The van der Waals surface area contributed by atoms with Gasteiger partial charge in [-0.25, -0.2) is 4.39 Å². The van der Waals surface area contributed by atoms with Gasteiger partial charge in [-0.2, -0.15) is 0 Å². The Balaban J connectivity index is 1.82. The molecule has 6 heteroatoms. The van der Waals surface area contributed by atoms with E-state index in [4.69, 9.17) is 0 Å². The smallest absolute Gasteiger partial charge is 0.295 e. The second kappa shape index (κ2) is 7.36. The molecule has 1 fully saturated rings. The Morgan fingerprint density at radius 2 is 2.29 bits per heavy atom. The van der Waals surface area contributed by atoms with E-state index >= 15 is 0 Å². The summed E-state index contributed by atoms with van der Waals surface area (Å²) in [6.45, 7) is 5.02. The van der Waals surface area contributed by atoms with Crippen LogP contribution in [0.1, 0.15) is 32.6 Å². The molecule has 1 N–H and O–H groups in total. The molecule has 1 aromatic carbocycles. The molecule has 0 aliphatic carbocycles. The van der Waals surface area contributed by atoms with Gasteiger partial charge in [0.2, 0.25) is 0 Å². The van der Waals surface area contributed by atoms with E-state index in [0.29, 0.717) is 18.3 Å². The lowest BCUT2D eigenvalue weighted by Crippen LogP contribution is -2.38. The molecule has 116 valence electrons. The van der Waals surface area contributed by atoms with Crippen LogP contribution >= 0.6 is 0 Å². The maximum absolute atomic E-state index is 13.0. The fourth-order valence-corrected chi connectivity index (χ4v) is 2.80. The first-order valence-corrected chi connectivity index (χ1v) is 7.50. The number of likely N-dealkylation sites (tertiary alicyclic amines) is 1. The molecule has 1 aromatic rings. The van der Waals surface area contributed by atoms with Crippen LogP contribution in [-0.4, -0.2) is 35.5 Å². The van der Waals surface area contributed by atoms with Crippen LogP contribution in [-0.2, 0) is 0 Å². The first kappa shape index (κ1) is 15.7. The van der Waals surface area contributed by atoms with Crippen LogP contribution in [0, 0.1) is 15.9 Å². The number of nitro benzene ring substituents is 1. The average Bonchev–Trinajstić information content (AvgIpc) is 2.46. The Bertz CT molecular complexity index is 496. The van der Waals surface area contributed by atoms with Gasteiger partial charge in [-0.1, -0.05) is 6.42 Å². The molecule has 0 aromatic heterocycles. The van der Waals surface area contributed by atoms with Crippen molar-refractivity contribution in [1.29, 1.82) is 0 Å². The van der Waals surface area contributed by atoms with Crippen molar-refractivity contribution in [3.8, 4) is 0 Å². The summed E-state index contributed by atoms with van der Waals surface area (Å²) in [7, 11) is 0. The Hall–Kier alpha value is -1.69. The minimum absolute atomic E-state index is 0.207. The van der Waals surface area contributed by atoms with Crippen LogP contribution in [0.25, 0.3) is 0 Å². The van der Waals surface area contributed by atoms with Crippen LogP contribution in [0.2, 0.25) is 0 Å². The zero-order valence-corrected chi connectivity index (χ0v) is 12.3. The summed E-state index contributed by atoms with van der Waals surface area (Å²) in [4.78, 5) is 12.8. The van der Waals surface area contributed by atoms with Gasteiger partial charge in [-0.3, -0.25) is 10.1 Å². The summed E-state index contributed by atoms with van der Waals surface area (Å²) in [5.41, 5.74) is 0.175. The van der Waals surface area contributed by atoms with E-state index in [0.717, 1.165) is 25.6 Å². The van der Waals surface area contributed by atoms with E-state index in [2.05, 4.69) is 17.1 Å². The molecule has 21 heavy (non-hydrogen) atoms. The third-order valence-electron chi connectivity index (χ3n) is 4.03. The molecule has 5 nitrogen and oxygen atoms in total. The molecule has 1 unspecified atom stereocenters. The van der Waals surface area contributed by atoms with Gasteiger partial charge in [-0.05, 0) is 44.9 Å². The molecule has 1 heterocycles. The Morgan fingerprint density at radius 1 is 1.48 bits per heavy atom. The molecule has 1 saturated heterocycles. The van der Waals surface area contributed by atoms with Crippen LogP contribution < -0.4 is 5.32 Å².